The van der Waals surface area contributed by atoms with Gasteiger partial charge in [0.2, 0.25) is 20.7 Å². The van der Waals surface area contributed by atoms with E-state index in [9.17, 15) is 13.2 Å². The molecule has 1 N–H and O–H groups in total. The summed E-state index contributed by atoms with van der Waals surface area (Å²) in [5.41, 5.74) is 0.123. The highest BCUT2D eigenvalue weighted by molar-refractivity contribution is 7.91. The van der Waals surface area contributed by atoms with Crippen LogP contribution in [0.25, 0.3) is 0 Å². The number of hydrogen-bond donors (Lipinski definition) is 1. The third-order valence-electron chi connectivity index (χ3n) is 2.69. The van der Waals surface area contributed by atoms with Crippen LogP contribution < -0.4 is 4.74 Å². The summed E-state index contributed by atoms with van der Waals surface area (Å²) >= 11 is 0. The third kappa shape index (κ3) is 3.02. The summed E-state index contributed by atoms with van der Waals surface area (Å²) < 4.78 is 39.6. The molecular weight excluding hydrogens is 328 g/mol. The molecule has 122 valence electrons. The van der Waals surface area contributed by atoms with Gasteiger partial charge < -0.3 is 19.0 Å². The molecule has 0 aliphatic carbocycles. The Morgan fingerprint density at radius 3 is 2.65 bits per heavy atom. The van der Waals surface area contributed by atoms with E-state index < -0.39 is 26.9 Å². The Kier molecular flexibility index (Phi) is 4.37. The maximum atomic E-state index is 12.7. The van der Waals surface area contributed by atoms with E-state index in [1.54, 1.807) is 13.0 Å². The molecule has 2 aromatic rings. The second kappa shape index (κ2) is 6.09. The fraction of sp³-hybridized carbons (Fsp3) is 0.333. The number of ether oxygens (including phenoxy) is 2. The van der Waals surface area contributed by atoms with E-state index in [0.717, 1.165) is 0 Å². The van der Waals surface area contributed by atoms with Crippen molar-refractivity contribution in [2.45, 2.75) is 30.7 Å². The van der Waals surface area contributed by atoms with Crippen LogP contribution in [0.15, 0.2) is 14.4 Å². The van der Waals surface area contributed by atoms with Gasteiger partial charge in [0.25, 0.3) is 5.88 Å². The van der Waals surface area contributed by atoms with Crippen LogP contribution >= 0.6 is 0 Å². The quantitative estimate of drug-likeness (QED) is 0.811. The average molecular weight is 340 g/mol. The van der Waals surface area contributed by atoms with Crippen LogP contribution in [-0.2, 0) is 14.6 Å². The van der Waals surface area contributed by atoms with Gasteiger partial charge in [-0.05, 0) is 20.8 Å². The predicted octanol–water partition coefficient (Wildman–Crippen LogP) is 1.25. The lowest BCUT2D eigenvalue weighted by molar-refractivity contribution is 0.102. The number of aromatic nitrogens is 3. The van der Waals surface area contributed by atoms with Crippen LogP contribution in [0.2, 0.25) is 0 Å². The van der Waals surface area contributed by atoms with Crippen molar-refractivity contribution in [3.8, 4) is 11.9 Å². The van der Waals surface area contributed by atoms with Gasteiger partial charge >= 0.3 is 6.16 Å². The van der Waals surface area contributed by atoms with Crippen LogP contribution in [0.3, 0.4) is 0 Å². The minimum atomic E-state index is -4.20. The van der Waals surface area contributed by atoms with Crippen molar-refractivity contribution in [3.05, 3.63) is 17.3 Å². The van der Waals surface area contributed by atoms with E-state index in [2.05, 4.69) is 19.9 Å². The van der Waals surface area contributed by atoms with Crippen LogP contribution in [0.1, 0.15) is 24.2 Å². The van der Waals surface area contributed by atoms with Crippen molar-refractivity contribution >= 4 is 16.0 Å². The lowest BCUT2D eigenvalue weighted by Crippen LogP contribution is -2.13. The highest BCUT2D eigenvalue weighted by atomic mass is 32.2. The first-order valence-corrected chi connectivity index (χ1v) is 7.82. The first-order chi connectivity index (χ1) is 10.8. The molecule has 10 nitrogen and oxygen atoms in total. The van der Waals surface area contributed by atoms with Crippen LogP contribution in [-0.4, -0.2) is 36.3 Å². The molecule has 0 bridgehead atoms. The number of imidazole rings is 1. The number of aromatic amines is 1. The molecule has 0 aliphatic rings. The van der Waals surface area contributed by atoms with Crippen molar-refractivity contribution in [1.29, 1.82) is 5.26 Å². The first kappa shape index (κ1) is 16.5. The zero-order valence-corrected chi connectivity index (χ0v) is 13.2. The smallest absolute Gasteiger partial charge is 0.434 e. The van der Waals surface area contributed by atoms with Gasteiger partial charge in [0.15, 0.2) is 5.76 Å². The van der Waals surface area contributed by atoms with Gasteiger partial charge in [0.05, 0.1) is 12.3 Å². The first-order valence-electron chi connectivity index (χ1n) is 6.33. The van der Waals surface area contributed by atoms with Crippen molar-refractivity contribution in [1.82, 2.24) is 15.1 Å². The normalized spacial score (nSPS) is 11.0. The van der Waals surface area contributed by atoms with E-state index in [1.807, 2.05) is 0 Å². The standard InChI is InChI=1S/C12H12N4O6S/c1-4-20-12(17)21-10-11(15-8(5-13)14-10)23(18,19)9-6(2)16-22-7(9)3/h4H2,1-3H3,(H,14,15). The SMILES string of the molecule is CCOC(=O)Oc1nc(C#N)[nH]c1S(=O)(=O)c1c(C)noc1C. The molecule has 0 atom stereocenters. The summed E-state index contributed by atoms with van der Waals surface area (Å²) in [5.74, 6) is -0.868. The fourth-order valence-corrected chi connectivity index (χ4v) is 3.43. The number of H-pyrrole nitrogens is 1. The summed E-state index contributed by atoms with van der Waals surface area (Å²) in [5, 5.41) is 11.9. The predicted molar refractivity (Wildman–Crippen MR) is 72.4 cm³/mol. The Morgan fingerprint density at radius 2 is 2.13 bits per heavy atom. The molecule has 23 heavy (non-hydrogen) atoms. The number of nitrogens with zero attached hydrogens (tertiary/aromatic N) is 3. The molecule has 0 unspecified atom stereocenters. The summed E-state index contributed by atoms with van der Waals surface area (Å²) in [4.78, 5) is 17.1. The van der Waals surface area contributed by atoms with Crippen molar-refractivity contribution in [2.24, 2.45) is 0 Å². The van der Waals surface area contributed by atoms with Crippen LogP contribution in [0.4, 0.5) is 4.79 Å². The molecule has 0 saturated carbocycles. The zero-order chi connectivity index (χ0) is 17.2. The van der Waals surface area contributed by atoms with E-state index >= 15 is 0 Å². The average Bonchev–Trinajstić information content (AvgIpc) is 3.03. The maximum absolute atomic E-state index is 12.7. The molecule has 0 spiro atoms. The topological polar surface area (TPSA) is 148 Å². The molecule has 0 saturated heterocycles. The second-order valence-corrected chi connectivity index (χ2v) is 6.10. The molecule has 0 amide bonds. The van der Waals surface area contributed by atoms with Gasteiger partial charge in [-0.3, -0.25) is 0 Å². The Labute approximate surface area is 130 Å². The number of nitrogens with one attached hydrogen (secondary N) is 1. The molecule has 11 heteroatoms. The monoisotopic (exact) mass is 340 g/mol. The van der Waals surface area contributed by atoms with Crippen molar-refractivity contribution in [2.75, 3.05) is 6.61 Å². The number of rotatable bonds is 4. The molecule has 2 aromatic heterocycles. The highest BCUT2D eigenvalue weighted by Crippen LogP contribution is 2.31. The van der Waals surface area contributed by atoms with Crippen molar-refractivity contribution in [3.63, 3.8) is 0 Å². The van der Waals surface area contributed by atoms with Gasteiger partial charge in [-0.25, -0.2) is 13.2 Å². The molecule has 0 radical (unpaired) electrons. The molecule has 0 fully saturated rings. The molecule has 0 aliphatic heterocycles. The van der Waals surface area contributed by atoms with Gasteiger partial charge in [-0.1, -0.05) is 5.16 Å². The second-order valence-electron chi connectivity index (χ2n) is 4.27. The van der Waals surface area contributed by atoms with Crippen LogP contribution in [0.5, 0.6) is 5.88 Å². The Bertz CT molecular complexity index is 870. The van der Waals surface area contributed by atoms with Gasteiger partial charge in [0.1, 0.15) is 11.0 Å². The number of carbonyl (C=O) groups is 1. The Hall–Kier alpha value is -2.87. The van der Waals surface area contributed by atoms with Gasteiger partial charge in [-0.15, -0.1) is 0 Å². The summed E-state index contributed by atoms with van der Waals surface area (Å²) in [7, 11) is -4.20. The van der Waals surface area contributed by atoms with E-state index in [0.29, 0.717) is 0 Å². The van der Waals surface area contributed by atoms with Gasteiger partial charge in [-0.2, -0.15) is 10.2 Å². The molecule has 2 heterocycles. The zero-order valence-electron chi connectivity index (χ0n) is 12.4. The third-order valence-corrected chi connectivity index (χ3v) is 4.63. The number of sulfone groups is 1. The van der Waals surface area contributed by atoms with E-state index in [4.69, 9.17) is 14.5 Å². The largest absolute Gasteiger partial charge is 0.515 e. The minimum Gasteiger partial charge on any atom is -0.434 e. The summed E-state index contributed by atoms with van der Waals surface area (Å²) in [6, 6.07) is 1.64. The Morgan fingerprint density at radius 1 is 1.43 bits per heavy atom. The van der Waals surface area contributed by atoms with Gasteiger partial charge in [0, 0.05) is 0 Å². The summed E-state index contributed by atoms with van der Waals surface area (Å²) in [6.45, 7) is 4.44. The Balaban J connectivity index is 2.56. The van der Waals surface area contributed by atoms with Crippen LogP contribution in [0, 0.1) is 25.2 Å². The van der Waals surface area contributed by atoms with E-state index in [1.165, 1.54) is 13.8 Å². The van der Waals surface area contributed by atoms with E-state index in [-0.39, 0.29) is 28.8 Å². The lowest BCUT2D eigenvalue weighted by atomic mass is 10.4. The minimum absolute atomic E-state index is 0.0281. The fourth-order valence-electron chi connectivity index (χ4n) is 1.83. The number of aryl methyl sites for hydroxylation is 2. The number of nitriles is 1. The molecular formula is C12H12N4O6S. The summed E-state index contributed by atoms with van der Waals surface area (Å²) in [6.07, 6.45) is -1.14. The lowest BCUT2D eigenvalue weighted by Gasteiger charge is -2.04. The van der Waals surface area contributed by atoms with Crippen molar-refractivity contribution < 1.29 is 27.2 Å². The molecule has 2 rings (SSSR count). The maximum Gasteiger partial charge on any atom is 0.515 e. The number of hydrogen-bond acceptors (Lipinski definition) is 9. The molecule has 0 aromatic carbocycles. The highest BCUT2D eigenvalue weighted by Gasteiger charge is 2.33. The number of carbonyl (C=O) groups excluding carboxylic acids is 1.